The van der Waals surface area contributed by atoms with Crippen LogP contribution in [0.15, 0.2) is 46.1 Å². The van der Waals surface area contributed by atoms with Gasteiger partial charge in [-0.1, -0.05) is 36.2 Å². The highest BCUT2D eigenvalue weighted by molar-refractivity contribution is 5.89. The van der Waals surface area contributed by atoms with Crippen molar-refractivity contribution in [2.24, 2.45) is 5.16 Å². The van der Waals surface area contributed by atoms with Crippen molar-refractivity contribution in [1.29, 1.82) is 0 Å². The predicted molar refractivity (Wildman–Crippen MR) is 92.1 cm³/mol. The molecule has 0 aliphatic heterocycles. The molecule has 0 unspecified atom stereocenters. The Bertz CT molecular complexity index is 639. The number of hydrogen-bond donors (Lipinski definition) is 1. The first-order chi connectivity index (χ1) is 11.6. The lowest BCUT2D eigenvalue weighted by molar-refractivity contribution is 0.0557. The maximum absolute atomic E-state index is 11.1. The largest absolute Gasteiger partial charge is 0.449 e. The standard InChI is InChI=1S/C10H8O2.C6H9NO.C2H5NO/c1-2-8-12-10(11)9-6-4-3-5-7-9;1-3-6-4-5(2)7-8-6;1-2-3-4/h1,3-7H,8H2;4H,3H2,1-2H3;2,4H,1H3/b;;3-2+. The van der Waals surface area contributed by atoms with Gasteiger partial charge >= 0.3 is 5.97 Å². The zero-order valence-corrected chi connectivity index (χ0v) is 14.1. The Balaban J connectivity index is 0.000000379. The summed E-state index contributed by atoms with van der Waals surface area (Å²) < 4.78 is 9.57. The van der Waals surface area contributed by atoms with E-state index in [1.54, 1.807) is 31.2 Å². The van der Waals surface area contributed by atoms with Crippen LogP contribution in [0.4, 0.5) is 0 Å². The molecule has 0 aliphatic rings. The molecule has 0 amide bonds. The SMILES string of the molecule is C#CCOC(=O)c1ccccc1.C/C=N/O.CCc1cc(C)no1. The molecule has 0 radical (unpaired) electrons. The van der Waals surface area contributed by atoms with E-state index in [1.807, 2.05) is 26.0 Å². The summed E-state index contributed by atoms with van der Waals surface area (Å²) in [5, 5.41) is 13.8. The van der Waals surface area contributed by atoms with E-state index in [2.05, 4.69) is 16.2 Å². The Kier molecular flexibility index (Phi) is 11.8. The van der Waals surface area contributed by atoms with E-state index < -0.39 is 0 Å². The van der Waals surface area contributed by atoms with Gasteiger partial charge in [0.2, 0.25) is 0 Å². The van der Waals surface area contributed by atoms with Gasteiger partial charge in [0.25, 0.3) is 0 Å². The highest BCUT2D eigenvalue weighted by Gasteiger charge is 2.03. The number of nitrogens with zero attached hydrogens (tertiary/aromatic N) is 2. The zero-order valence-electron chi connectivity index (χ0n) is 14.1. The molecule has 0 bridgehead atoms. The van der Waals surface area contributed by atoms with Gasteiger partial charge in [-0.05, 0) is 26.0 Å². The molecule has 0 aliphatic carbocycles. The molecule has 0 fully saturated rings. The van der Waals surface area contributed by atoms with Crippen LogP contribution in [0.3, 0.4) is 0 Å². The number of benzene rings is 1. The van der Waals surface area contributed by atoms with Crippen LogP contribution in [0.2, 0.25) is 0 Å². The number of carbonyl (C=O) groups is 1. The number of hydrogen-bond acceptors (Lipinski definition) is 6. The van der Waals surface area contributed by atoms with Crippen molar-refractivity contribution in [1.82, 2.24) is 5.16 Å². The third kappa shape index (κ3) is 9.79. The lowest BCUT2D eigenvalue weighted by Crippen LogP contribution is -2.04. The first-order valence-corrected chi connectivity index (χ1v) is 7.28. The van der Waals surface area contributed by atoms with E-state index in [-0.39, 0.29) is 12.6 Å². The molecule has 0 saturated carbocycles. The average molecular weight is 330 g/mol. The quantitative estimate of drug-likeness (QED) is 0.306. The van der Waals surface area contributed by atoms with Crippen LogP contribution in [0, 0.1) is 19.3 Å². The van der Waals surface area contributed by atoms with Crippen molar-refractivity contribution < 1.29 is 19.3 Å². The fourth-order valence-electron chi connectivity index (χ4n) is 1.35. The summed E-state index contributed by atoms with van der Waals surface area (Å²) in [6, 6.07) is 10.7. The first kappa shape index (κ1) is 20.9. The van der Waals surface area contributed by atoms with Crippen molar-refractivity contribution in [2.75, 3.05) is 6.61 Å². The topological polar surface area (TPSA) is 84.9 Å². The van der Waals surface area contributed by atoms with Crippen molar-refractivity contribution in [3.8, 4) is 12.3 Å². The fraction of sp³-hybridized carbons (Fsp3) is 0.278. The number of terminal acetylenes is 1. The van der Waals surface area contributed by atoms with Crippen molar-refractivity contribution in [3.05, 3.63) is 53.4 Å². The van der Waals surface area contributed by atoms with Crippen LogP contribution in [0.25, 0.3) is 0 Å². The van der Waals surface area contributed by atoms with E-state index in [4.69, 9.17) is 20.9 Å². The van der Waals surface area contributed by atoms with E-state index in [0.717, 1.165) is 17.9 Å². The molecule has 128 valence electrons. The molecule has 1 aromatic heterocycles. The minimum Gasteiger partial charge on any atom is -0.449 e. The molecule has 1 aromatic carbocycles. The van der Waals surface area contributed by atoms with E-state index in [9.17, 15) is 4.79 Å². The van der Waals surface area contributed by atoms with E-state index >= 15 is 0 Å². The second-order valence-electron chi connectivity index (χ2n) is 4.31. The fourth-order valence-corrected chi connectivity index (χ4v) is 1.35. The summed E-state index contributed by atoms with van der Waals surface area (Å²) in [6.45, 7) is 5.62. The number of esters is 1. The Morgan fingerprint density at radius 1 is 1.46 bits per heavy atom. The molecular formula is C18H22N2O4. The Hall–Kier alpha value is -3.07. The Morgan fingerprint density at radius 3 is 2.46 bits per heavy atom. The lowest BCUT2D eigenvalue weighted by Gasteiger charge is -1.98. The Labute approximate surface area is 142 Å². The van der Waals surface area contributed by atoms with E-state index in [1.165, 1.54) is 6.21 Å². The number of rotatable bonds is 3. The smallest absolute Gasteiger partial charge is 0.339 e. The normalized spacial score (nSPS) is 9.08. The summed E-state index contributed by atoms with van der Waals surface area (Å²) in [7, 11) is 0. The molecule has 0 atom stereocenters. The minimum absolute atomic E-state index is 0.0216. The van der Waals surface area contributed by atoms with Crippen LogP contribution in [-0.4, -0.2) is 29.2 Å². The summed E-state index contributed by atoms with van der Waals surface area (Å²) in [4.78, 5) is 11.1. The predicted octanol–water partition coefficient (Wildman–Crippen LogP) is 3.49. The summed E-state index contributed by atoms with van der Waals surface area (Å²) in [5.41, 5.74) is 1.48. The molecule has 1 N–H and O–H groups in total. The molecule has 1 heterocycles. The van der Waals surface area contributed by atoms with Crippen molar-refractivity contribution in [2.45, 2.75) is 27.2 Å². The van der Waals surface area contributed by atoms with Gasteiger partial charge in [0.15, 0.2) is 6.61 Å². The summed E-state index contributed by atoms with van der Waals surface area (Å²) in [6.07, 6.45) is 7.16. The van der Waals surface area contributed by atoms with Gasteiger partial charge in [-0.3, -0.25) is 0 Å². The number of aromatic nitrogens is 1. The Morgan fingerprint density at radius 2 is 2.08 bits per heavy atom. The van der Waals surface area contributed by atoms with Crippen molar-refractivity contribution in [3.63, 3.8) is 0 Å². The number of ether oxygens (including phenoxy) is 1. The summed E-state index contributed by atoms with van der Waals surface area (Å²) in [5.74, 6) is 2.80. The molecule has 0 spiro atoms. The third-order valence-corrected chi connectivity index (χ3v) is 2.44. The maximum Gasteiger partial charge on any atom is 0.339 e. The lowest BCUT2D eigenvalue weighted by atomic mass is 10.2. The second kappa shape index (κ2) is 13.6. The van der Waals surface area contributed by atoms with E-state index in [0.29, 0.717) is 5.56 Å². The van der Waals surface area contributed by atoms with Gasteiger partial charge < -0.3 is 14.5 Å². The molecule has 0 saturated heterocycles. The zero-order chi connectivity index (χ0) is 18.2. The third-order valence-electron chi connectivity index (χ3n) is 2.44. The van der Waals surface area contributed by atoms with Gasteiger partial charge in [0.05, 0.1) is 11.3 Å². The monoisotopic (exact) mass is 330 g/mol. The number of oxime groups is 1. The van der Waals surface area contributed by atoms with Crippen LogP contribution < -0.4 is 0 Å². The first-order valence-electron chi connectivity index (χ1n) is 7.28. The van der Waals surface area contributed by atoms with Gasteiger partial charge in [0, 0.05) is 18.7 Å². The van der Waals surface area contributed by atoms with Crippen LogP contribution >= 0.6 is 0 Å². The molecule has 6 nitrogen and oxygen atoms in total. The van der Waals surface area contributed by atoms with Crippen LogP contribution in [0.1, 0.15) is 35.7 Å². The van der Waals surface area contributed by atoms with Gasteiger partial charge in [-0.15, -0.1) is 11.6 Å². The van der Waals surface area contributed by atoms with Crippen molar-refractivity contribution >= 4 is 12.2 Å². The second-order valence-corrected chi connectivity index (χ2v) is 4.31. The minimum atomic E-state index is -0.381. The molecule has 2 aromatic rings. The van der Waals surface area contributed by atoms with Crippen LogP contribution in [0.5, 0.6) is 0 Å². The van der Waals surface area contributed by atoms with Gasteiger partial charge in [-0.25, -0.2) is 4.79 Å². The highest BCUT2D eigenvalue weighted by atomic mass is 16.5. The summed E-state index contributed by atoms with van der Waals surface area (Å²) >= 11 is 0. The maximum atomic E-state index is 11.1. The van der Waals surface area contributed by atoms with Gasteiger partial charge in [-0.2, -0.15) is 0 Å². The van der Waals surface area contributed by atoms with Crippen LogP contribution in [-0.2, 0) is 11.2 Å². The molecule has 6 heteroatoms. The molecular weight excluding hydrogens is 308 g/mol. The molecule has 24 heavy (non-hydrogen) atoms. The average Bonchev–Trinajstić information content (AvgIpc) is 3.06. The number of carbonyl (C=O) groups excluding carboxylic acids is 1. The van der Waals surface area contributed by atoms with Gasteiger partial charge in [0.1, 0.15) is 5.76 Å². The number of aryl methyl sites for hydroxylation is 2. The highest BCUT2D eigenvalue weighted by Crippen LogP contribution is 2.01. The molecule has 2 rings (SSSR count).